The number of nitrogens with one attached hydrogen (secondary N) is 2. The van der Waals surface area contributed by atoms with E-state index in [0.717, 1.165) is 18.1 Å². The first-order valence-corrected chi connectivity index (χ1v) is 13.8. The standard InChI is InChI=1S/C32H37F2N3O3/c1-3-23-9-7-10-24(15-23)20-35-21-30(39)29(18-25-16-27(33)19-28(34)17-25)36-31(40)32(26-11-5-4-6-12-26)13-8-14-37(32)22(2)38/h4-7,9-12,15-17,19,29-30,35,39H,3,8,13-14,18,20-21H2,1-2H3,(H,36,40)/t29-,30+,32+/m0/s1. The Balaban J connectivity index is 1.58. The zero-order valence-corrected chi connectivity index (χ0v) is 23.0. The molecule has 3 N–H and O–H groups in total. The molecule has 1 aliphatic rings. The Kier molecular flexibility index (Phi) is 9.66. The van der Waals surface area contributed by atoms with Gasteiger partial charge in [-0.1, -0.05) is 61.5 Å². The summed E-state index contributed by atoms with van der Waals surface area (Å²) in [6.07, 6.45) is 0.896. The molecule has 0 saturated carbocycles. The average Bonchev–Trinajstić information content (AvgIpc) is 3.39. The lowest BCUT2D eigenvalue weighted by atomic mass is 9.85. The normalized spacial score (nSPS) is 18.4. The molecule has 4 rings (SSSR count). The smallest absolute Gasteiger partial charge is 0.250 e. The van der Waals surface area contributed by atoms with Crippen molar-refractivity contribution < 1.29 is 23.5 Å². The molecule has 0 bridgehead atoms. The summed E-state index contributed by atoms with van der Waals surface area (Å²) in [5.41, 5.74) is 2.01. The summed E-state index contributed by atoms with van der Waals surface area (Å²) in [6, 6.07) is 19.5. The second kappa shape index (κ2) is 13.2. The van der Waals surface area contributed by atoms with Crippen LogP contribution in [-0.4, -0.2) is 47.1 Å². The summed E-state index contributed by atoms with van der Waals surface area (Å²) in [5.74, 6) is -2.12. The van der Waals surface area contributed by atoms with E-state index in [1.165, 1.54) is 24.6 Å². The lowest BCUT2D eigenvalue weighted by molar-refractivity contribution is -0.145. The number of aryl methyl sites for hydroxylation is 1. The number of aliphatic hydroxyl groups excluding tert-OH is 1. The van der Waals surface area contributed by atoms with Crippen LogP contribution < -0.4 is 10.6 Å². The zero-order valence-electron chi connectivity index (χ0n) is 23.0. The number of carbonyl (C=O) groups excluding carboxylic acids is 2. The van der Waals surface area contributed by atoms with Gasteiger partial charge in [0.1, 0.15) is 17.2 Å². The van der Waals surface area contributed by atoms with Crippen LogP contribution in [0, 0.1) is 11.6 Å². The Labute approximate surface area is 234 Å². The molecule has 0 spiro atoms. The fourth-order valence-corrected chi connectivity index (χ4v) is 5.65. The third-order valence-corrected chi connectivity index (χ3v) is 7.63. The van der Waals surface area contributed by atoms with Gasteiger partial charge in [-0.25, -0.2) is 8.78 Å². The molecular formula is C32H37F2N3O3. The van der Waals surface area contributed by atoms with Crippen LogP contribution in [0.15, 0.2) is 72.8 Å². The molecule has 0 aliphatic carbocycles. The number of aliphatic hydroxyl groups is 1. The molecule has 8 heteroatoms. The Hall–Kier alpha value is -3.62. The van der Waals surface area contributed by atoms with Gasteiger partial charge in [-0.3, -0.25) is 9.59 Å². The van der Waals surface area contributed by atoms with Crippen LogP contribution in [0.2, 0.25) is 0 Å². The summed E-state index contributed by atoms with van der Waals surface area (Å²) >= 11 is 0. The molecule has 1 aliphatic heterocycles. The molecule has 3 atom stereocenters. The quantitative estimate of drug-likeness (QED) is 0.334. The monoisotopic (exact) mass is 549 g/mol. The van der Waals surface area contributed by atoms with Gasteiger partial charge >= 0.3 is 0 Å². The molecule has 0 radical (unpaired) electrons. The summed E-state index contributed by atoms with van der Waals surface area (Å²) < 4.78 is 28.0. The summed E-state index contributed by atoms with van der Waals surface area (Å²) in [4.78, 5) is 28.3. The topological polar surface area (TPSA) is 81.7 Å². The fourth-order valence-electron chi connectivity index (χ4n) is 5.65. The molecular weight excluding hydrogens is 512 g/mol. The van der Waals surface area contributed by atoms with Gasteiger partial charge in [-0.15, -0.1) is 0 Å². The van der Waals surface area contributed by atoms with E-state index >= 15 is 0 Å². The molecule has 3 aromatic carbocycles. The van der Waals surface area contributed by atoms with E-state index < -0.39 is 35.2 Å². The first kappa shape index (κ1) is 29.4. The summed E-state index contributed by atoms with van der Waals surface area (Å²) in [7, 11) is 0. The maximum absolute atomic E-state index is 14.1. The maximum Gasteiger partial charge on any atom is 0.250 e. The third-order valence-electron chi connectivity index (χ3n) is 7.63. The van der Waals surface area contributed by atoms with E-state index in [-0.39, 0.29) is 18.9 Å². The van der Waals surface area contributed by atoms with Crippen molar-refractivity contribution >= 4 is 11.8 Å². The van der Waals surface area contributed by atoms with Crippen molar-refractivity contribution in [2.45, 2.75) is 63.8 Å². The minimum absolute atomic E-state index is 0.000469. The van der Waals surface area contributed by atoms with Crippen molar-refractivity contribution in [1.82, 2.24) is 15.5 Å². The second-order valence-corrected chi connectivity index (χ2v) is 10.4. The Bertz CT molecular complexity index is 1300. The van der Waals surface area contributed by atoms with E-state index in [1.807, 2.05) is 42.5 Å². The van der Waals surface area contributed by atoms with Crippen LogP contribution in [0.25, 0.3) is 0 Å². The predicted octanol–water partition coefficient (Wildman–Crippen LogP) is 4.24. The fraction of sp³-hybridized carbons (Fsp3) is 0.375. The largest absolute Gasteiger partial charge is 0.390 e. The number of likely N-dealkylation sites (tertiary alicyclic amines) is 1. The number of benzene rings is 3. The summed E-state index contributed by atoms with van der Waals surface area (Å²) in [6.45, 7) is 4.59. The molecule has 1 fully saturated rings. The molecule has 0 unspecified atom stereocenters. The van der Waals surface area contributed by atoms with Gasteiger partial charge in [0.25, 0.3) is 5.91 Å². The molecule has 2 amide bonds. The van der Waals surface area contributed by atoms with Gasteiger partial charge in [0, 0.05) is 32.6 Å². The first-order chi connectivity index (χ1) is 19.2. The van der Waals surface area contributed by atoms with Crippen LogP contribution in [-0.2, 0) is 34.5 Å². The van der Waals surface area contributed by atoms with E-state index in [0.29, 0.717) is 37.1 Å². The number of rotatable bonds is 11. The number of nitrogens with zero attached hydrogens (tertiary/aromatic N) is 1. The van der Waals surface area contributed by atoms with Crippen molar-refractivity contribution in [3.63, 3.8) is 0 Å². The van der Waals surface area contributed by atoms with Gasteiger partial charge in [-0.05, 0) is 60.1 Å². The maximum atomic E-state index is 14.1. The Morgan fingerprint density at radius 3 is 2.35 bits per heavy atom. The number of amides is 2. The van der Waals surface area contributed by atoms with Crippen LogP contribution in [0.4, 0.5) is 8.78 Å². The van der Waals surface area contributed by atoms with Crippen LogP contribution >= 0.6 is 0 Å². The SMILES string of the molecule is CCc1cccc(CNC[C@@H](O)[C@H](Cc2cc(F)cc(F)c2)NC(=O)[C@]2(c3ccccc3)CCCN2C(C)=O)c1. The minimum Gasteiger partial charge on any atom is -0.390 e. The molecule has 1 heterocycles. The van der Waals surface area contributed by atoms with Crippen molar-refractivity contribution in [1.29, 1.82) is 0 Å². The molecule has 40 heavy (non-hydrogen) atoms. The van der Waals surface area contributed by atoms with E-state index in [2.05, 4.69) is 29.7 Å². The van der Waals surface area contributed by atoms with Gasteiger partial charge in [0.15, 0.2) is 0 Å². The minimum atomic E-state index is -1.24. The highest BCUT2D eigenvalue weighted by atomic mass is 19.1. The van der Waals surface area contributed by atoms with Crippen molar-refractivity contribution in [2.24, 2.45) is 0 Å². The Morgan fingerprint density at radius 2 is 1.68 bits per heavy atom. The molecule has 1 saturated heterocycles. The van der Waals surface area contributed by atoms with E-state index in [9.17, 15) is 23.5 Å². The highest BCUT2D eigenvalue weighted by Gasteiger charge is 2.50. The van der Waals surface area contributed by atoms with E-state index in [1.54, 1.807) is 4.90 Å². The van der Waals surface area contributed by atoms with Crippen LogP contribution in [0.3, 0.4) is 0 Å². The van der Waals surface area contributed by atoms with Gasteiger partial charge in [0.05, 0.1) is 12.1 Å². The predicted molar refractivity (Wildman–Crippen MR) is 150 cm³/mol. The Morgan fingerprint density at radius 1 is 0.975 bits per heavy atom. The average molecular weight is 550 g/mol. The van der Waals surface area contributed by atoms with Gasteiger partial charge < -0.3 is 20.6 Å². The van der Waals surface area contributed by atoms with Crippen molar-refractivity contribution in [3.05, 3.63) is 107 Å². The number of carbonyl (C=O) groups is 2. The lowest BCUT2D eigenvalue weighted by Crippen LogP contribution is -2.59. The van der Waals surface area contributed by atoms with Crippen LogP contribution in [0.5, 0.6) is 0 Å². The molecule has 212 valence electrons. The highest BCUT2D eigenvalue weighted by Crippen LogP contribution is 2.39. The molecule has 6 nitrogen and oxygen atoms in total. The van der Waals surface area contributed by atoms with Gasteiger partial charge in [0.2, 0.25) is 5.91 Å². The van der Waals surface area contributed by atoms with Crippen LogP contribution in [0.1, 0.15) is 48.9 Å². The zero-order chi connectivity index (χ0) is 28.7. The second-order valence-electron chi connectivity index (χ2n) is 10.4. The number of halogens is 2. The van der Waals surface area contributed by atoms with E-state index in [4.69, 9.17) is 0 Å². The highest BCUT2D eigenvalue weighted by molar-refractivity contribution is 5.93. The first-order valence-electron chi connectivity index (χ1n) is 13.8. The molecule has 0 aromatic heterocycles. The molecule has 3 aromatic rings. The number of hydrogen-bond acceptors (Lipinski definition) is 4. The van der Waals surface area contributed by atoms with Crippen molar-refractivity contribution in [2.75, 3.05) is 13.1 Å². The lowest BCUT2D eigenvalue weighted by Gasteiger charge is -2.39. The summed E-state index contributed by atoms with van der Waals surface area (Å²) in [5, 5.41) is 17.5. The third kappa shape index (κ3) is 6.74. The van der Waals surface area contributed by atoms with Gasteiger partial charge in [-0.2, -0.15) is 0 Å². The van der Waals surface area contributed by atoms with Crippen molar-refractivity contribution in [3.8, 4) is 0 Å². The number of hydrogen-bond donors (Lipinski definition) is 3.